The van der Waals surface area contributed by atoms with Crippen LogP contribution in [0.3, 0.4) is 0 Å². The van der Waals surface area contributed by atoms with Crippen LogP contribution in [0.4, 0.5) is 0 Å². The first-order chi connectivity index (χ1) is 12.5. The number of aromatic nitrogens is 2. The van der Waals surface area contributed by atoms with E-state index >= 15 is 0 Å². The fourth-order valence-electron chi connectivity index (χ4n) is 3.00. The minimum atomic E-state index is -0.376. The van der Waals surface area contributed by atoms with E-state index in [4.69, 9.17) is 16.3 Å². The van der Waals surface area contributed by atoms with Gasteiger partial charge in [0.15, 0.2) is 0 Å². The predicted octanol–water partition coefficient (Wildman–Crippen LogP) is 2.94. The molecule has 0 aliphatic carbocycles. The fraction of sp³-hybridized carbons (Fsp3) is 0.263. The van der Waals surface area contributed by atoms with Crippen LogP contribution in [-0.4, -0.2) is 28.0 Å². The summed E-state index contributed by atoms with van der Waals surface area (Å²) in [6.07, 6.45) is 0. The Kier molecular flexibility index (Phi) is 5.03. The number of fused-ring (bicyclic) bond motifs is 1. The molecule has 0 aliphatic rings. The van der Waals surface area contributed by atoms with Crippen molar-refractivity contribution in [3.63, 3.8) is 0 Å². The number of hydrogen-bond acceptors (Lipinski definition) is 4. The molecule has 1 atom stereocenters. The number of benzene rings is 2. The Morgan fingerprint density at radius 3 is 2.65 bits per heavy atom. The number of ether oxygens (including phenoxy) is 1. The zero-order valence-electron chi connectivity index (χ0n) is 14.4. The molecular weight excluding hydrogens is 354 g/mol. The maximum atomic E-state index is 13.0. The average molecular weight is 372 g/mol. The Labute approximate surface area is 155 Å². The van der Waals surface area contributed by atoms with E-state index in [-0.39, 0.29) is 18.3 Å². The molecular formula is C19H18ClN3O3. The second kappa shape index (κ2) is 7.24. The normalized spacial score (nSPS) is 12.1. The minimum Gasteiger partial charge on any atom is -0.495 e. The van der Waals surface area contributed by atoms with Crippen LogP contribution in [0, 0.1) is 11.3 Å². The second-order valence-electron chi connectivity index (χ2n) is 6.05. The maximum Gasteiger partial charge on any atom is 0.329 e. The molecule has 0 bridgehead atoms. The van der Waals surface area contributed by atoms with Crippen molar-refractivity contribution in [2.24, 2.45) is 0 Å². The molecule has 2 aromatic carbocycles. The Balaban J connectivity index is 2.18. The highest BCUT2D eigenvalue weighted by Crippen LogP contribution is 2.26. The molecule has 1 aromatic heterocycles. The minimum absolute atomic E-state index is 0.159. The summed E-state index contributed by atoms with van der Waals surface area (Å²) < 4.78 is 8.28. The number of imidazole rings is 1. The summed E-state index contributed by atoms with van der Waals surface area (Å²) in [5.74, 6) is 0.561. The van der Waals surface area contributed by atoms with Gasteiger partial charge in [0.2, 0.25) is 0 Å². The monoisotopic (exact) mass is 371 g/mol. The molecule has 0 radical (unpaired) electrons. The highest BCUT2D eigenvalue weighted by atomic mass is 35.5. The van der Waals surface area contributed by atoms with Gasteiger partial charge in [-0.25, -0.2) is 4.79 Å². The number of nitrogens with zero attached hydrogens (tertiary/aromatic N) is 3. The average Bonchev–Trinajstić information content (AvgIpc) is 2.92. The smallest absolute Gasteiger partial charge is 0.329 e. The number of hydrogen-bond donors (Lipinski definition) is 1. The molecule has 1 heterocycles. The van der Waals surface area contributed by atoms with Crippen LogP contribution in [0.2, 0.25) is 5.02 Å². The van der Waals surface area contributed by atoms with Crippen molar-refractivity contribution in [3.05, 3.63) is 63.0 Å². The largest absolute Gasteiger partial charge is 0.495 e. The molecule has 26 heavy (non-hydrogen) atoms. The van der Waals surface area contributed by atoms with Crippen molar-refractivity contribution in [1.29, 1.82) is 5.26 Å². The molecule has 7 heteroatoms. The van der Waals surface area contributed by atoms with E-state index < -0.39 is 0 Å². The van der Waals surface area contributed by atoms with Gasteiger partial charge < -0.3 is 9.84 Å². The molecule has 0 saturated carbocycles. The van der Waals surface area contributed by atoms with E-state index in [1.54, 1.807) is 53.5 Å². The Morgan fingerprint density at radius 2 is 2.04 bits per heavy atom. The molecule has 1 N–H and O–H groups in total. The first kappa shape index (κ1) is 18.1. The van der Waals surface area contributed by atoms with E-state index in [0.717, 1.165) is 5.56 Å². The third-order valence-corrected chi connectivity index (χ3v) is 4.65. The number of methoxy groups -OCH3 is 1. The van der Waals surface area contributed by atoms with Gasteiger partial charge in [-0.1, -0.05) is 17.7 Å². The van der Waals surface area contributed by atoms with Crippen LogP contribution in [0.5, 0.6) is 5.75 Å². The lowest BCUT2D eigenvalue weighted by Crippen LogP contribution is -2.28. The predicted molar refractivity (Wildman–Crippen MR) is 99.8 cm³/mol. The van der Waals surface area contributed by atoms with Gasteiger partial charge in [0, 0.05) is 0 Å². The zero-order chi connectivity index (χ0) is 18.8. The van der Waals surface area contributed by atoms with Gasteiger partial charge in [-0.3, -0.25) is 9.13 Å². The highest BCUT2D eigenvalue weighted by Gasteiger charge is 2.18. The van der Waals surface area contributed by atoms with Crippen molar-refractivity contribution in [2.45, 2.75) is 19.5 Å². The van der Waals surface area contributed by atoms with E-state index in [0.29, 0.717) is 33.9 Å². The highest BCUT2D eigenvalue weighted by molar-refractivity contribution is 6.32. The van der Waals surface area contributed by atoms with Crippen LogP contribution in [0.1, 0.15) is 24.1 Å². The molecule has 0 saturated heterocycles. The van der Waals surface area contributed by atoms with E-state index in [1.165, 1.54) is 0 Å². The van der Waals surface area contributed by atoms with E-state index in [1.807, 2.05) is 6.07 Å². The number of aliphatic hydroxyl groups excluding tert-OH is 1. The molecule has 0 amide bonds. The van der Waals surface area contributed by atoms with Gasteiger partial charge in [0.05, 0.1) is 54.0 Å². The third-order valence-electron chi connectivity index (χ3n) is 4.35. The van der Waals surface area contributed by atoms with Crippen LogP contribution < -0.4 is 10.4 Å². The standard InChI is InChI=1S/C19H18ClN3O3/c1-12(11-24)23-16-5-3-13(9-21)8-17(16)22(19(23)25)10-14-4-6-18(26-2)15(20)7-14/h3-8,12,24H,10-11H2,1-2H3/t12-/m1/s1. The molecule has 0 aliphatic heterocycles. The van der Waals surface area contributed by atoms with Crippen molar-refractivity contribution >= 4 is 22.6 Å². The molecule has 0 fully saturated rings. The summed E-state index contributed by atoms with van der Waals surface area (Å²) in [6.45, 7) is 1.90. The van der Waals surface area contributed by atoms with Crippen LogP contribution in [-0.2, 0) is 6.54 Å². The molecule has 3 aromatic rings. The van der Waals surface area contributed by atoms with Crippen LogP contribution in [0.15, 0.2) is 41.2 Å². The van der Waals surface area contributed by atoms with Gasteiger partial charge in [0.25, 0.3) is 0 Å². The van der Waals surface area contributed by atoms with E-state index in [2.05, 4.69) is 6.07 Å². The van der Waals surface area contributed by atoms with Crippen LogP contribution in [0.25, 0.3) is 11.0 Å². The number of halogens is 1. The third kappa shape index (κ3) is 3.07. The van der Waals surface area contributed by atoms with Gasteiger partial charge >= 0.3 is 5.69 Å². The van der Waals surface area contributed by atoms with Crippen molar-refractivity contribution in [3.8, 4) is 11.8 Å². The maximum absolute atomic E-state index is 13.0. The number of rotatable bonds is 5. The second-order valence-corrected chi connectivity index (χ2v) is 6.46. The Morgan fingerprint density at radius 1 is 1.27 bits per heavy atom. The Bertz CT molecular complexity index is 1060. The first-order valence-corrected chi connectivity index (χ1v) is 8.46. The summed E-state index contributed by atoms with van der Waals surface area (Å²) in [5.41, 5.74) is 2.36. The van der Waals surface area contributed by atoms with Crippen LogP contribution >= 0.6 is 11.6 Å². The van der Waals surface area contributed by atoms with Gasteiger partial charge in [-0.05, 0) is 42.8 Å². The van der Waals surface area contributed by atoms with Crippen molar-refractivity contribution in [1.82, 2.24) is 9.13 Å². The number of aliphatic hydroxyl groups is 1. The quantitative estimate of drug-likeness (QED) is 0.747. The lowest BCUT2D eigenvalue weighted by atomic mass is 10.2. The molecule has 3 rings (SSSR count). The number of nitriles is 1. The summed E-state index contributed by atoms with van der Waals surface area (Å²) in [4.78, 5) is 13.0. The molecule has 6 nitrogen and oxygen atoms in total. The first-order valence-electron chi connectivity index (χ1n) is 8.08. The van der Waals surface area contributed by atoms with Gasteiger partial charge in [-0.15, -0.1) is 0 Å². The lowest BCUT2D eigenvalue weighted by Gasteiger charge is -2.09. The topological polar surface area (TPSA) is 80.2 Å². The molecule has 0 unspecified atom stereocenters. The van der Waals surface area contributed by atoms with E-state index in [9.17, 15) is 15.2 Å². The zero-order valence-corrected chi connectivity index (χ0v) is 15.2. The molecule has 134 valence electrons. The molecule has 0 spiro atoms. The summed E-state index contributed by atoms with van der Waals surface area (Å²) in [6, 6.07) is 12.1. The van der Waals surface area contributed by atoms with Gasteiger partial charge in [-0.2, -0.15) is 5.26 Å². The SMILES string of the molecule is COc1ccc(Cn2c(=O)n([C@H](C)CO)c3ccc(C#N)cc32)cc1Cl. The summed E-state index contributed by atoms with van der Waals surface area (Å²) >= 11 is 6.19. The summed E-state index contributed by atoms with van der Waals surface area (Å²) in [7, 11) is 1.54. The fourth-order valence-corrected chi connectivity index (χ4v) is 3.28. The van der Waals surface area contributed by atoms with Crippen molar-refractivity contribution in [2.75, 3.05) is 13.7 Å². The summed E-state index contributed by atoms with van der Waals surface area (Å²) in [5, 5.41) is 19.2. The Hall–Kier alpha value is -2.75. The van der Waals surface area contributed by atoms with Gasteiger partial charge in [0.1, 0.15) is 5.75 Å². The lowest BCUT2D eigenvalue weighted by molar-refractivity contribution is 0.238. The van der Waals surface area contributed by atoms with Crippen molar-refractivity contribution < 1.29 is 9.84 Å².